The number of nitro benzene ring substituents is 1. The standard InChI is InChI=1S/C11H9ClFN3O4/c12-5-3-9(16(19)20)8(4-6(5)13)14-7-1-2-10(17)15-11(7)18/h3-4,7,14H,1-2H2,(H,15,17,18). The predicted molar refractivity (Wildman–Crippen MR) is 67.9 cm³/mol. The Bertz CT molecular complexity index is 608. The molecule has 1 saturated heterocycles. The van der Waals surface area contributed by atoms with Crippen LogP contribution in [-0.4, -0.2) is 22.8 Å². The van der Waals surface area contributed by atoms with Crippen molar-refractivity contribution in [3.05, 3.63) is 33.1 Å². The monoisotopic (exact) mass is 301 g/mol. The second-order valence-corrected chi connectivity index (χ2v) is 4.60. The van der Waals surface area contributed by atoms with Crippen molar-refractivity contribution in [2.45, 2.75) is 18.9 Å². The number of nitro groups is 1. The van der Waals surface area contributed by atoms with Crippen LogP contribution in [0.4, 0.5) is 15.8 Å². The van der Waals surface area contributed by atoms with Crippen molar-refractivity contribution < 1.29 is 18.9 Å². The van der Waals surface area contributed by atoms with E-state index in [1.54, 1.807) is 0 Å². The van der Waals surface area contributed by atoms with Crippen LogP contribution >= 0.6 is 11.6 Å². The molecule has 2 N–H and O–H groups in total. The number of nitrogens with zero attached hydrogens (tertiary/aromatic N) is 1. The van der Waals surface area contributed by atoms with Gasteiger partial charge in [-0.2, -0.15) is 0 Å². The maximum absolute atomic E-state index is 13.4. The molecule has 9 heteroatoms. The number of nitrogens with one attached hydrogen (secondary N) is 2. The summed E-state index contributed by atoms with van der Waals surface area (Å²) in [7, 11) is 0. The molecule has 0 spiro atoms. The van der Waals surface area contributed by atoms with Gasteiger partial charge in [0, 0.05) is 18.6 Å². The maximum atomic E-state index is 13.4. The zero-order valence-electron chi connectivity index (χ0n) is 9.98. The first-order chi connectivity index (χ1) is 9.38. The lowest BCUT2D eigenvalue weighted by Gasteiger charge is -2.22. The van der Waals surface area contributed by atoms with E-state index in [-0.39, 0.29) is 23.6 Å². The van der Waals surface area contributed by atoms with Gasteiger partial charge in [0.15, 0.2) is 0 Å². The van der Waals surface area contributed by atoms with Gasteiger partial charge in [0.2, 0.25) is 11.8 Å². The van der Waals surface area contributed by atoms with E-state index in [0.29, 0.717) is 0 Å². The third kappa shape index (κ3) is 2.85. The van der Waals surface area contributed by atoms with E-state index >= 15 is 0 Å². The molecule has 2 amide bonds. The normalized spacial score (nSPS) is 18.6. The Kier molecular flexibility index (Phi) is 3.84. The number of piperidine rings is 1. The van der Waals surface area contributed by atoms with Crippen molar-refractivity contribution in [2.24, 2.45) is 0 Å². The lowest BCUT2D eigenvalue weighted by Crippen LogP contribution is -2.47. The zero-order chi connectivity index (χ0) is 14.9. The summed E-state index contributed by atoms with van der Waals surface area (Å²) in [4.78, 5) is 32.7. The number of amides is 2. The lowest BCUT2D eigenvalue weighted by atomic mass is 10.1. The Morgan fingerprint density at radius 3 is 2.75 bits per heavy atom. The second-order valence-electron chi connectivity index (χ2n) is 4.19. The minimum absolute atomic E-state index is 0.104. The first-order valence-corrected chi connectivity index (χ1v) is 6.00. The van der Waals surface area contributed by atoms with Gasteiger partial charge in [-0.1, -0.05) is 11.6 Å². The molecule has 1 aliphatic rings. The molecule has 106 valence electrons. The Morgan fingerprint density at radius 1 is 1.45 bits per heavy atom. The van der Waals surface area contributed by atoms with Gasteiger partial charge in [-0.05, 0) is 6.42 Å². The quantitative estimate of drug-likeness (QED) is 0.501. The average molecular weight is 302 g/mol. The molecule has 1 aromatic rings. The lowest BCUT2D eigenvalue weighted by molar-refractivity contribution is -0.384. The first-order valence-electron chi connectivity index (χ1n) is 5.62. The van der Waals surface area contributed by atoms with E-state index in [9.17, 15) is 24.1 Å². The molecule has 1 aliphatic heterocycles. The summed E-state index contributed by atoms with van der Waals surface area (Å²) in [6.45, 7) is 0. The van der Waals surface area contributed by atoms with Gasteiger partial charge in [-0.25, -0.2) is 4.39 Å². The van der Waals surface area contributed by atoms with Crippen LogP contribution in [0.3, 0.4) is 0 Å². The smallest absolute Gasteiger partial charge is 0.294 e. The van der Waals surface area contributed by atoms with Crippen LogP contribution in [0.2, 0.25) is 5.02 Å². The molecule has 2 rings (SSSR count). The highest BCUT2D eigenvalue weighted by atomic mass is 35.5. The van der Waals surface area contributed by atoms with Gasteiger partial charge in [-0.15, -0.1) is 0 Å². The third-order valence-corrected chi connectivity index (χ3v) is 3.09. The Hall–Kier alpha value is -2.22. The molecular formula is C11H9ClFN3O4. The highest BCUT2D eigenvalue weighted by molar-refractivity contribution is 6.31. The summed E-state index contributed by atoms with van der Waals surface area (Å²) in [5, 5.41) is 15.2. The largest absolute Gasteiger partial charge is 0.368 e. The number of hydrogen-bond acceptors (Lipinski definition) is 5. The minimum Gasteiger partial charge on any atom is -0.368 e. The van der Waals surface area contributed by atoms with Gasteiger partial charge >= 0.3 is 0 Å². The maximum Gasteiger partial charge on any atom is 0.294 e. The van der Waals surface area contributed by atoms with Crippen LogP contribution in [0.15, 0.2) is 12.1 Å². The summed E-state index contributed by atoms with van der Waals surface area (Å²) in [5.41, 5.74) is -0.604. The number of anilines is 1. The fraction of sp³-hybridized carbons (Fsp3) is 0.273. The molecule has 0 aliphatic carbocycles. The van der Waals surface area contributed by atoms with Gasteiger partial charge in [0.05, 0.1) is 9.95 Å². The van der Waals surface area contributed by atoms with Crippen LogP contribution in [0.5, 0.6) is 0 Å². The average Bonchev–Trinajstić information content (AvgIpc) is 2.36. The molecule has 1 atom stereocenters. The van der Waals surface area contributed by atoms with Crippen molar-refractivity contribution in [1.29, 1.82) is 0 Å². The molecule has 1 heterocycles. The summed E-state index contributed by atoms with van der Waals surface area (Å²) in [6, 6.07) is 0.877. The van der Waals surface area contributed by atoms with Crippen molar-refractivity contribution in [1.82, 2.24) is 5.32 Å². The zero-order valence-corrected chi connectivity index (χ0v) is 10.7. The van der Waals surface area contributed by atoms with Crippen LogP contribution < -0.4 is 10.6 Å². The van der Waals surface area contributed by atoms with Gasteiger partial charge < -0.3 is 5.32 Å². The first kappa shape index (κ1) is 14.2. The summed E-state index contributed by atoms with van der Waals surface area (Å²) in [5.74, 6) is -1.86. The molecule has 20 heavy (non-hydrogen) atoms. The number of imide groups is 1. The second kappa shape index (κ2) is 5.41. The van der Waals surface area contributed by atoms with E-state index in [0.717, 1.165) is 12.1 Å². The van der Waals surface area contributed by atoms with E-state index in [2.05, 4.69) is 10.6 Å². The SMILES string of the molecule is O=C1CCC(Nc2cc(F)c(Cl)cc2[N+](=O)[O-])C(=O)N1. The highest BCUT2D eigenvalue weighted by Gasteiger charge is 2.29. The van der Waals surface area contributed by atoms with E-state index in [1.165, 1.54) is 0 Å². The van der Waals surface area contributed by atoms with E-state index in [1.807, 2.05) is 0 Å². The molecule has 1 aromatic carbocycles. The Balaban J connectivity index is 2.29. The number of rotatable bonds is 3. The minimum atomic E-state index is -0.841. The topological polar surface area (TPSA) is 101 Å². The van der Waals surface area contributed by atoms with Crippen molar-refractivity contribution in [2.75, 3.05) is 5.32 Å². The molecule has 0 radical (unpaired) electrons. The molecule has 0 bridgehead atoms. The van der Waals surface area contributed by atoms with E-state index < -0.39 is 34.3 Å². The number of hydrogen-bond donors (Lipinski definition) is 2. The van der Waals surface area contributed by atoms with Crippen molar-refractivity contribution >= 4 is 34.8 Å². The number of benzene rings is 1. The van der Waals surface area contributed by atoms with Crippen LogP contribution in [0, 0.1) is 15.9 Å². The van der Waals surface area contributed by atoms with Gasteiger partial charge in [0.1, 0.15) is 17.5 Å². The van der Waals surface area contributed by atoms with Crippen LogP contribution in [0.25, 0.3) is 0 Å². The predicted octanol–water partition coefficient (Wildman–Crippen LogP) is 1.60. The van der Waals surface area contributed by atoms with Gasteiger partial charge in [-0.3, -0.25) is 25.0 Å². The van der Waals surface area contributed by atoms with Crippen molar-refractivity contribution in [3.63, 3.8) is 0 Å². The molecule has 1 unspecified atom stereocenters. The van der Waals surface area contributed by atoms with Crippen LogP contribution in [0.1, 0.15) is 12.8 Å². The fourth-order valence-electron chi connectivity index (χ4n) is 1.82. The molecule has 7 nitrogen and oxygen atoms in total. The van der Waals surface area contributed by atoms with Crippen LogP contribution in [-0.2, 0) is 9.59 Å². The third-order valence-electron chi connectivity index (χ3n) is 2.80. The molecule has 1 fully saturated rings. The summed E-state index contributed by atoms with van der Waals surface area (Å²) >= 11 is 5.49. The van der Waals surface area contributed by atoms with Crippen molar-refractivity contribution in [3.8, 4) is 0 Å². The summed E-state index contributed by atoms with van der Waals surface area (Å²) < 4.78 is 13.4. The summed E-state index contributed by atoms with van der Waals surface area (Å²) in [6.07, 6.45) is 0.277. The Morgan fingerprint density at radius 2 is 2.15 bits per heavy atom. The van der Waals surface area contributed by atoms with E-state index in [4.69, 9.17) is 11.6 Å². The number of halogens is 2. The Labute approximate surface area is 117 Å². The molecule has 0 aromatic heterocycles. The molecular weight excluding hydrogens is 293 g/mol. The number of carbonyl (C=O) groups is 2. The number of carbonyl (C=O) groups excluding carboxylic acids is 2. The van der Waals surface area contributed by atoms with Gasteiger partial charge in [0.25, 0.3) is 5.69 Å². The fourth-order valence-corrected chi connectivity index (χ4v) is 1.98. The molecule has 0 saturated carbocycles. The highest BCUT2D eigenvalue weighted by Crippen LogP contribution is 2.31.